The molecule has 2 aromatic heterocycles. The molecule has 0 saturated carbocycles. The zero-order valence-electron chi connectivity index (χ0n) is 20.5. The van der Waals surface area contributed by atoms with Crippen LogP contribution in [-0.2, 0) is 16.9 Å². The van der Waals surface area contributed by atoms with Crippen molar-refractivity contribution in [1.29, 1.82) is 0 Å². The van der Waals surface area contributed by atoms with Crippen LogP contribution in [0, 0.1) is 25.5 Å². The highest BCUT2D eigenvalue weighted by atomic mass is 19.1. The highest BCUT2D eigenvalue weighted by molar-refractivity contribution is 6.08. The number of amides is 4. The molecule has 4 amide bonds. The normalized spacial score (nSPS) is 18.8. The molecule has 1 saturated heterocycles. The topological polar surface area (TPSA) is 130 Å². The Kier molecular flexibility index (Phi) is 5.06. The predicted octanol–water partition coefficient (Wildman–Crippen LogP) is 3.42. The monoisotopic (exact) mass is 521 g/mol. The van der Waals surface area contributed by atoms with E-state index in [9.17, 15) is 18.8 Å². The lowest BCUT2D eigenvalue weighted by Crippen LogP contribution is -2.52. The highest BCUT2D eigenvalue weighted by Gasteiger charge is 2.53. The molecule has 0 radical (unpaired) electrons. The van der Waals surface area contributed by atoms with Crippen LogP contribution in [0.25, 0.3) is 22.1 Å². The molecule has 6 rings (SSSR count). The fourth-order valence-corrected chi connectivity index (χ4v) is 5.23. The van der Waals surface area contributed by atoms with E-state index in [1.807, 2.05) is 0 Å². The number of nitrogens with one attached hydrogen (secondary N) is 3. The molecular weight excluding hydrogens is 500 g/mol. The van der Waals surface area contributed by atoms with Crippen molar-refractivity contribution in [3.05, 3.63) is 70.2 Å². The summed E-state index contributed by atoms with van der Waals surface area (Å²) in [6, 6.07) is 6.49. The summed E-state index contributed by atoms with van der Waals surface area (Å²) < 4.78 is 40.9. The smallest absolute Gasteiger partial charge is 0.322 e. The third-order valence-electron chi connectivity index (χ3n) is 7.07. The van der Waals surface area contributed by atoms with Crippen molar-refractivity contribution in [3.63, 3.8) is 0 Å². The minimum atomic E-state index is -1.83. The van der Waals surface area contributed by atoms with Crippen LogP contribution in [0.15, 0.2) is 34.7 Å². The van der Waals surface area contributed by atoms with Crippen LogP contribution in [0.2, 0.25) is 0 Å². The number of ether oxygens (including phenoxy) is 1. The fraction of sp³-hybridized carbons (Fsp3) is 0.231. The number of urea groups is 1. The number of hydrogen-bond acceptors (Lipinski definition) is 6. The van der Waals surface area contributed by atoms with Gasteiger partial charge in [-0.15, -0.1) is 0 Å². The number of aromatic nitrogens is 2. The van der Waals surface area contributed by atoms with Gasteiger partial charge in [0.15, 0.2) is 17.1 Å². The Labute approximate surface area is 213 Å². The van der Waals surface area contributed by atoms with Gasteiger partial charge < -0.3 is 19.4 Å². The Bertz CT molecular complexity index is 1670. The van der Waals surface area contributed by atoms with Gasteiger partial charge in [-0.1, -0.05) is 6.07 Å². The molecular formula is C26H21F2N5O5. The van der Waals surface area contributed by atoms with Crippen molar-refractivity contribution >= 4 is 28.8 Å². The highest BCUT2D eigenvalue weighted by Crippen LogP contribution is 2.38. The maximum absolute atomic E-state index is 15.1. The molecule has 1 atom stereocenters. The van der Waals surface area contributed by atoms with Gasteiger partial charge in [-0.3, -0.25) is 20.0 Å². The molecule has 0 spiro atoms. The Hall–Kier alpha value is -4.74. The second-order valence-corrected chi connectivity index (χ2v) is 9.38. The SMILES string of the molecule is COc1ccc2c(c1F)C(=O)N(C[C@@]1(c3cc4cc(-c5c(C)n[nH]c5C)c(F)cc4o3)NC(=O)NC1=O)C2. The van der Waals surface area contributed by atoms with E-state index in [2.05, 4.69) is 20.8 Å². The van der Waals surface area contributed by atoms with E-state index in [0.29, 0.717) is 27.9 Å². The zero-order chi connectivity index (χ0) is 26.9. The first-order valence-corrected chi connectivity index (χ1v) is 11.7. The molecule has 3 N–H and O–H groups in total. The summed E-state index contributed by atoms with van der Waals surface area (Å²) in [4.78, 5) is 39.9. The van der Waals surface area contributed by atoms with E-state index in [1.165, 1.54) is 30.2 Å². The van der Waals surface area contributed by atoms with Crippen molar-refractivity contribution in [2.24, 2.45) is 0 Å². The van der Waals surface area contributed by atoms with Crippen LogP contribution in [0.3, 0.4) is 0 Å². The lowest BCUT2D eigenvalue weighted by Gasteiger charge is -2.29. The van der Waals surface area contributed by atoms with Crippen LogP contribution in [0.1, 0.15) is 33.1 Å². The molecule has 0 aliphatic carbocycles. The number of methoxy groups -OCH3 is 1. The summed E-state index contributed by atoms with van der Waals surface area (Å²) >= 11 is 0. The Morgan fingerprint density at radius 1 is 1.13 bits per heavy atom. The van der Waals surface area contributed by atoms with E-state index in [0.717, 1.165) is 0 Å². The van der Waals surface area contributed by atoms with Gasteiger partial charge in [0.05, 0.1) is 24.9 Å². The third kappa shape index (κ3) is 3.29. The molecule has 2 aromatic carbocycles. The van der Waals surface area contributed by atoms with Gasteiger partial charge in [-0.05, 0) is 37.6 Å². The number of aryl methyl sites for hydroxylation is 2. The zero-order valence-corrected chi connectivity index (χ0v) is 20.5. The number of fused-ring (bicyclic) bond motifs is 2. The summed E-state index contributed by atoms with van der Waals surface area (Å²) in [6.07, 6.45) is 0. The van der Waals surface area contributed by atoms with Crippen LogP contribution in [0.5, 0.6) is 5.75 Å². The maximum Gasteiger partial charge on any atom is 0.322 e. The average molecular weight is 521 g/mol. The maximum atomic E-state index is 15.1. The Morgan fingerprint density at radius 3 is 2.58 bits per heavy atom. The van der Waals surface area contributed by atoms with E-state index >= 15 is 4.39 Å². The lowest BCUT2D eigenvalue weighted by atomic mass is 9.94. The van der Waals surface area contributed by atoms with Gasteiger partial charge in [0, 0.05) is 34.8 Å². The van der Waals surface area contributed by atoms with E-state index < -0.39 is 35.0 Å². The number of benzene rings is 2. The molecule has 0 bridgehead atoms. The van der Waals surface area contributed by atoms with Crippen molar-refractivity contribution < 1.29 is 32.3 Å². The molecule has 2 aliphatic heterocycles. The summed E-state index contributed by atoms with van der Waals surface area (Å²) in [5.74, 6) is -2.88. The number of rotatable bonds is 5. The standard InChI is InChI=1S/C26H21F2N5O5/c1-11-20(12(2)32-31-11)15-6-14-7-19(38-18(14)8-16(15)27)26(24(35)29-25(36)30-26)10-33-9-13-4-5-17(37-3)22(28)21(13)23(33)34/h4-8H,9-10H2,1-3H3,(H,31,32)(H2,29,30,35,36)/t26-/m0/s1. The van der Waals surface area contributed by atoms with Crippen molar-refractivity contribution in [2.75, 3.05) is 13.7 Å². The summed E-state index contributed by atoms with van der Waals surface area (Å²) in [5, 5.41) is 12.2. The molecule has 1 fully saturated rings. The van der Waals surface area contributed by atoms with Crippen LogP contribution in [-0.4, -0.2) is 46.6 Å². The summed E-state index contributed by atoms with van der Waals surface area (Å²) in [6.45, 7) is 3.17. The van der Waals surface area contributed by atoms with Gasteiger partial charge in [-0.2, -0.15) is 5.10 Å². The van der Waals surface area contributed by atoms with Gasteiger partial charge in [0.1, 0.15) is 17.2 Å². The minimum absolute atomic E-state index is 0.00196. The number of carbonyl (C=O) groups is 3. The molecule has 4 aromatic rings. The van der Waals surface area contributed by atoms with Gasteiger partial charge >= 0.3 is 6.03 Å². The fourth-order valence-electron chi connectivity index (χ4n) is 5.23. The molecule has 12 heteroatoms. The molecule has 38 heavy (non-hydrogen) atoms. The number of hydrogen-bond donors (Lipinski definition) is 3. The van der Waals surface area contributed by atoms with Crippen LogP contribution >= 0.6 is 0 Å². The Morgan fingerprint density at radius 2 is 1.92 bits per heavy atom. The molecule has 4 heterocycles. The largest absolute Gasteiger partial charge is 0.494 e. The number of nitrogens with zero attached hydrogens (tertiary/aromatic N) is 2. The van der Waals surface area contributed by atoms with E-state index in [4.69, 9.17) is 9.15 Å². The quantitative estimate of drug-likeness (QED) is 0.345. The number of carbonyl (C=O) groups excluding carboxylic acids is 3. The molecule has 2 aliphatic rings. The predicted molar refractivity (Wildman–Crippen MR) is 129 cm³/mol. The van der Waals surface area contributed by atoms with Crippen molar-refractivity contribution in [2.45, 2.75) is 25.9 Å². The van der Waals surface area contributed by atoms with Crippen molar-refractivity contribution in [3.8, 4) is 16.9 Å². The number of aromatic amines is 1. The minimum Gasteiger partial charge on any atom is -0.494 e. The lowest BCUT2D eigenvalue weighted by molar-refractivity contribution is -0.125. The number of imide groups is 1. The first kappa shape index (κ1) is 23.6. The van der Waals surface area contributed by atoms with Crippen LogP contribution in [0.4, 0.5) is 13.6 Å². The molecule has 0 unspecified atom stereocenters. The van der Waals surface area contributed by atoms with Gasteiger partial charge in [0.2, 0.25) is 0 Å². The number of H-pyrrole nitrogens is 1. The Balaban J connectivity index is 1.43. The number of halogens is 2. The summed E-state index contributed by atoms with van der Waals surface area (Å²) in [7, 11) is 1.29. The van der Waals surface area contributed by atoms with Crippen LogP contribution < -0.4 is 15.4 Å². The first-order valence-electron chi connectivity index (χ1n) is 11.7. The molecule has 194 valence electrons. The van der Waals surface area contributed by atoms with Gasteiger partial charge in [-0.25, -0.2) is 13.6 Å². The molecule has 10 nitrogen and oxygen atoms in total. The van der Waals surface area contributed by atoms with Gasteiger partial charge in [0.25, 0.3) is 11.8 Å². The average Bonchev–Trinajstić information content (AvgIpc) is 3.59. The van der Waals surface area contributed by atoms with E-state index in [-0.39, 0.29) is 41.3 Å². The summed E-state index contributed by atoms with van der Waals surface area (Å²) in [5.41, 5.74) is 0.747. The van der Waals surface area contributed by atoms with E-state index in [1.54, 1.807) is 26.0 Å². The number of furan rings is 1. The third-order valence-corrected chi connectivity index (χ3v) is 7.07. The second kappa shape index (κ2) is 8.13. The first-order chi connectivity index (χ1) is 18.1. The second-order valence-electron chi connectivity index (χ2n) is 9.38. The van der Waals surface area contributed by atoms with Crippen molar-refractivity contribution in [1.82, 2.24) is 25.7 Å².